The Bertz CT molecular complexity index is 1490. The summed E-state index contributed by atoms with van der Waals surface area (Å²) >= 11 is 0. The molecule has 258 valence electrons. The van der Waals surface area contributed by atoms with E-state index in [4.69, 9.17) is 23.7 Å². The van der Waals surface area contributed by atoms with Crippen molar-refractivity contribution in [2.75, 3.05) is 0 Å². The van der Waals surface area contributed by atoms with E-state index in [9.17, 15) is 39.0 Å². The molecule has 47 heavy (non-hydrogen) atoms. The van der Waals surface area contributed by atoms with Crippen LogP contribution in [-0.2, 0) is 52.5 Å². The molecule has 0 amide bonds. The Kier molecular flexibility index (Phi) is 6.83. The van der Waals surface area contributed by atoms with Gasteiger partial charge in [-0.15, -0.1) is 0 Å². The molecule has 0 aromatic heterocycles. The predicted octanol–water partition coefficient (Wildman–Crippen LogP) is 0.925. The van der Waals surface area contributed by atoms with Crippen LogP contribution >= 0.6 is 0 Å². The maximum atomic E-state index is 14.4. The molecule has 2 aliphatic heterocycles. The molecular weight excluding hydrogens is 616 g/mol. The average molecular weight is 661 g/mol. The van der Waals surface area contributed by atoms with E-state index < -0.39 is 124 Å². The molecule has 7 rings (SSSR count). The van der Waals surface area contributed by atoms with E-state index in [1.165, 1.54) is 27.7 Å². The second-order valence-electron chi connectivity index (χ2n) is 16.1. The topological polar surface area (TPSA) is 192 Å². The number of esters is 4. The van der Waals surface area contributed by atoms with Crippen LogP contribution in [0, 0.1) is 57.7 Å². The standard InChI is InChI=1S/C34H44O13/c1-11-9-17(38)33(7)22-19(11)32(6)20(26(22)47-30(41)34(33,8)42)18-21(27(43-12(2)35)29(32)45-14(4)37)31(5)15(23(39)24(18)40)10-16-25(46-16)28(31)44-13(3)36/h11,15-16,18-22,24-29,40,42H,9-10H2,1-8H3. The smallest absolute Gasteiger partial charge is 0.339 e. The van der Waals surface area contributed by atoms with Gasteiger partial charge >= 0.3 is 23.9 Å². The molecule has 0 aromatic rings. The van der Waals surface area contributed by atoms with E-state index in [0.717, 1.165) is 0 Å². The van der Waals surface area contributed by atoms with Crippen LogP contribution in [0.4, 0.5) is 0 Å². The van der Waals surface area contributed by atoms with Gasteiger partial charge in [-0.05, 0) is 32.1 Å². The summed E-state index contributed by atoms with van der Waals surface area (Å²) in [7, 11) is 0. The zero-order valence-corrected chi connectivity index (χ0v) is 27.9. The van der Waals surface area contributed by atoms with E-state index in [2.05, 4.69) is 0 Å². The highest BCUT2D eigenvalue weighted by molar-refractivity contribution is 5.96. The molecule has 2 N–H and O–H groups in total. The molecule has 7 fully saturated rings. The summed E-state index contributed by atoms with van der Waals surface area (Å²) in [5.41, 5.74) is -6.33. The fourth-order valence-electron chi connectivity index (χ4n) is 12.2. The first-order valence-electron chi connectivity index (χ1n) is 16.6. The zero-order valence-electron chi connectivity index (χ0n) is 27.9. The van der Waals surface area contributed by atoms with Gasteiger partial charge in [0.2, 0.25) is 0 Å². The molecule has 13 nitrogen and oxygen atoms in total. The van der Waals surface area contributed by atoms with Gasteiger partial charge in [0, 0.05) is 67.6 Å². The molecular formula is C34H44O13. The molecule has 2 saturated heterocycles. The number of hydrogen-bond acceptors (Lipinski definition) is 13. The summed E-state index contributed by atoms with van der Waals surface area (Å²) in [5.74, 6) is -9.31. The summed E-state index contributed by atoms with van der Waals surface area (Å²) in [6.07, 6.45) is -6.80. The van der Waals surface area contributed by atoms with E-state index in [1.54, 1.807) is 13.8 Å². The third-order valence-corrected chi connectivity index (χ3v) is 14.0. The number of ketones is 2. The number of rotatable bonds is 3. The number of epoxide rings is 1. The van der Waals surface area contributed by atoms with Crippen LogP contribution in [0.15, 0.2) is 0 Å². The van der Waals surface area contributed by atoms with Gasteiger partial charge in [-0.1, -0.05) is 20.8 Å². The molecule has 7 aliphatic rings. The number of aliphatic hydroxyl groups excluding tert-OH is 1. The van der Waals surface area contributed by atoms with Crippen LogP contribution in [0.5, 0.6) is 0 Å². The van der Waals surface area contributed by atoms with Crippen molar-refractivity contribution in [3.8, 4) is 0 Å². The van der Waals surface area contributed by atoms with Crippen LogP contribution in [0.2, 0.25) is 0 Å². The summed E-state index contributed by atoms with van der Waals surface area (Å²) in [4.78, 5) is 80.5. The predicted molar refractivity (Wildman–Crippen MR) is 156 cm³/mol. The molecule has 2 heterocycles. The van der Waals surface area contributed by atoms with Gasteiger partial charge in [0.05, 0.1) is 11.5 Å². The van der Waals surface area contributed by atoms with Crippen LogP contribution in [0.3, 0.4) is 0 Å². The second kappa shape index (κ2) is 9.84. The summed E-state index contributed by atoms with van der Waals surface area (Å²) in [6.45, 7) is 12.0. The maximum Gasteiger partial charge on any atom is 0.339 e. The Hall–Kier alpha value is -2.90. The minimum atomic E-state index is -2.20. The van der Waals surface area contributed by atoms with Gasteiger partial charge in [0.1, 0.15) is 42.4 Å². The molecule has 18 atom stereocenters. The van der Waals surface area contributed by atoms with Crippen molar-refractivity contribution in [2.24, 2.45) is 57.7 Å². The average Bonchev–Trinajstić information content (AvgIpc) is 3.67. The lowest BCUT2D eigenvalue weighted by Gasteiger charge is -2.65. The zero-order chi connectivity index (χ0) is 34.5. The van der Waals surface area contributed by atoms with Crippen molar-refractivity contribution >= 4 is 35.4 Å². The third-order valence-electron chi connectivity index (χ3n) is 14.0. The molecule has 0 bridgehead atoms. The van der Waals surface area contributed by atoms with Crippen molar-refractivity contribution in [3.63, 3.8) is 0 Å². The van der Waals surface area contributed by atoms with Gasteiger partial charge < -0.3 is 33.9 Å². The summed E-state index contributed by atoms with van der Waals surface area (Å²) in [6, 6.07) is 0. The highest BCUT2D eigenvalue weighted by Crippen LogP contribution is 2.75. The van der Waals surface area contributed by atoms with Crippen LogP contribution < -0.4 is 0 Å². The lowest BCUT2D eigenvalue weighted by molar-refractivity contribution is -0.274. The third kappa shape index (κ3) is 3.82. The second-order valence-corrected chi connectivity index (χ2v) is 16.1. The van der Waals surface area contributed by atoms with Crippen molar-refractivity contribution in [2.45, 2.75) is 117 Å². The number of hydrogen-bond donors (Lipinski definition) is 2. The number of ether oxygens (including phenoxy) is 5. The van der Waals surface area contributed by atoms with Crippen molar-refractivity contribution in [3.05, 3.63) is 0 Å². The van der Waals surface area contributed by atoms with Crippen LogP contribution in [-0.4, -0.2) is 94.0 Å². The highest BCUT2D eigenvalue weighted by Gasteiger charge is 2.84. The van der Waals surface area contributed by atoms with E-state index in [0.29, 0.717) is 0 Å². The first kappa shape index (κ1) is 32.6. The van der Waals surface area contributed by atoms with Crippen LogP contribution in [0.1, 0.15) is 68.2 Å². The number of Topliss-reactive ketones (excluding diaryl/α,β-unsaturated/α-hetero) is 2. The van der Waals surface area contributed by atoms with E-state index in [-0.39, 0.29) is 30.6 Å². The van der Waals surface area contributed by atoms with Gasteiger partial charge in [-0.2, -0.15) is 0 Å². The molecule has 5 aliphatic carbocycles. The Morgan fingerprint density at radius 1 is 0.809 bits per heavy atom. The minimum Gasteiger partial charge on any atom is -0.460 e. The lowest BCUT2D eigenvalue weighted by atomic mass is 9.41. The lowest BCUT2D eigenvalue weighted by Crippen LogP contribution is -2.74. The van der Waals surface area contributed by atoms with Crippen LogP contribution in [0.25, 0.3) is 0 Å². The van der Waals surface area contributed by atoms with E-state index in [1.807, 2.05) is 13.8 Å². The largest absolute Gasteiger partial charge is 0.460 e. The van der Waals surface area contributed by atoms with Gasteiger partial charge in [0.15, 0.2) is 11.4 Å². The Balaban J connectivity index is 1.52. The highest BCUT2D eigenvalue weighted by atomic mass is 16.6. The molecule has 5 saturated carbocycles. The van der Waals surface area contributed by atoms with Crippen molar-refractivity contribution < 1.29 is 62.7 Å². The SMILES string of the molecule is CC(=O)OC1C(OC(C)=O)C2(C)C(C3OC(=O)C(C)(O)C4(C)C(=O)CC(C)C2C34)C2C(O)C(=O)C3CC4OC4C(OC(C)=O)C3(C)C12. The van der Waals surface area contributed by atoms with Gasteiger partial charge in [0.25, 0.3) is 0 Å². The van der Waals surface area contributed by atoms with E-state index >= 15 is 0 Å². The normalized spacial score (nSPS) is 55.2. The molecule has 0 spiro atoms. The Morgan fingerprint density at radius 3 is 2.00 bits per heavy atom. The first-order chi connectivity index (χ1) is 21.7. The Labute approximate surface area is 272 Å². The summed E-state index contributed by atoms with van der Waals surface area (Å²) < 4.78 is 30.3. The molecule has 18 unspecified atom stereocenters. The van der Waals surface area contributed by atoms with Gasteiger partial charge in [-0.25, -0.2) is 4.79 Å². The Morgan fingerprint density at radius 2 is 1.40 bits per heavy atom. The first-order valence-corrected chi connectivity index (χ1v) is 16.6. The molecule has 0 radical (unpaired) electrons. The maximum absolute atomic E-state index is 14.4. The fourth-order valence-corrected chi connectivity index (χ4v) is 12.2. The summed E-state index contributed by atoms with van der Waals surface area (Å²) in [5, 5.41) is 23.8. The minimum absolute atomic E-state index is 0.00541. The number of carbonyl (C=O) groups is 6. The monoisotopic (exact) mass is 660 g/mol. The molecule has 0 aromatic carbocycles. The quantitative estimate of drug-likeness (QED) is 0.247. The number of fused-ring (bicyclic) bond motifs is 8. The van der Waals surface area contributed by atoms with Crippen molar-refractivity contribution in [1.82, 2.24) is 0 Å². The molecule has 13 heteroatoms. The number of carbonyl (C=O) groups excluding carboxylic acids is 6. The number of aliphatic hydroxyl groups is 2. The van der Waals surface area contributed by atoms with Crippen molar-refractivity contribution in [1.29, 1.82) is 0 Å². The fraction of sp³-hybridized carbons (Fsp3) is 0.824. The van der Waals surface area contributed by atoms with Gasteiger partial charge in [-0.3, -0.25) is 24.0 Å².